The van der Waals surface area contributed by atoms with E-state index in [1.807, 2.05) is 60.7 Å². The van der Waals surface area contributed by atoms with E-state index in [4.69, 9.17) is 15.0 Å². The zero-order valence-electron chi connectivity index (χ0n) is 27.7. The number of fused-ring (bicyclic) bond motifs is 3. The van der Waals surface area contributed by atoms with Crippen LogP contribution in [0.4, 0.5) is 0 Å². The molecule has 236 valence electrons. The van der Waals surface area contributed by atoms with Gasteiger partial charge in [0.05, 0.1) is 0 Å². The molecule has 1 aromatic heterocycles. The Morgan fingerprint density at radius 3 is 1.28 bits per heavy atom. The van der Waals surface area contributed by atoms with Crippen molar-refractivity contribution in [2.45, 2.75) is 13.3 Å². The van der Waals surface area contributed by atoms with E-state index in [0.717, 1.165) is 28.7 Å². The molecule has 0 radical (unpaired) electrons. The van der Waals surface area contributed by atoms with Crippen LogP contribution in [0.2, 0.25) is 0 Å². The number of hydrogen-bond donors (Lipinski definition) is 0. The zero-order chi connectivity index (χ0) is 33.4. The Hall–Kier alpha value is -6.45. The first-order valence-electron chi connectivity index (χ1n) is 17.1. The van der Waals surface area contributed by atoms with Gasteiger partial charge in [0, 0.05) is 16.7 Å². The Morgan fingerprint density at radius 1 is 0.320 bits per heavy atom. The molecule has 0 spiro atoms. The lowest BCUT2D eigenvalue weighted by atomic mass is 9.94. The second kappa shape index (κ2) is 12.5. The molecule has 0 aliphatic heterocycles. The summed E-state index contributed by atoms with van der Waals surface area (Å²) in [4.78, 5) is 14.9. The van der Waals surface area contributed by atoms with Crippen LogP contribution in [0.1, 0.15) is 16.7 Å². The predicted molar refractivity (Wildman–Crippen MR) is 205 cm³/mol. The number of benzene rings is 7. The molecular formula is C47H33N3. The Labute approximate surface area is 292 Å². The number of aryl methyl sites for hydroxylation is 1. The van der Waals surface area contributed by atoms with Crippen molar-refractivity contribution in [2.75, 3.05) is 0 Å². The van der Waals surface area contributed by atoms with Gasteiger partial charge in [-0.2, -0.15) is 0 Å². The van der Waals surface area contributed by atoms with Crippen molar-refractivity contribution in [3.63, 3.8) is 0 Å². The van der Waals surface area contributed by atoms with Gasteiger partial charge in [0.1, 0.15) is 0 Å². The predicted octanol–water partition coefficient (Wildman–Crippen LogP) is 11.8. The lowest BCUT2D eigenvalue weighted by Gasteiger charge is -2.12. The van der Waals surface area contributed by atoms with Crippen LogP contribution in [0, 0.1) is 6.92 Å². The molecule has 0 atom stereocenters. The Kier molecular flexibility index (Phi) is 7.44. The van der Waals surface area contributed by atoms with Crippen molar-refractivity contribution in [1.29, 1.82) is 0 Å². The van der Waals surface area contributed by atoms with Crippen LogP contribution in [0.15, 0.2) is 170 Å². The standard InChI is InChI=1S/C47H33N3/c1-31-21-23-32(24-22-31)33-25-27-34(28-26-33)39-17-9-19-41-42-20-10-18-40(44(42)30-43(39)41)37-15-8-16-38(29-37)47-49-45(35-11-4-2-5-12-35)48-46(50-47)36-13-6-3-7-14-36/h2-29H,30H2,1H3. The summed E-state index contributed by atoms with van der Waals surface area (Å²) in [5.41, 5.74) is 16.9. The van der Waals surface area contributed by atoms with E-state index in [-0.39, 0.29) is 0 Å². The average Bonchev–Trinajstić information content (AvgIpc) is 3.58. The third kappa shape index (κ3) is 5.49. The summed E-state index contributed by atoms with van der Waals surface area (Å²) in [5.74, 6) is 1.98. The molecule has 0 bridgehead atoms. The van der Waals surface area contributed by atoms with E-state index in [2.05, 4.69) is 116 Å². The molecule has 7 aromatic carbocycles. The largest absolute Gasteiger partial charge is 0.208 e. The highest BCUT2D eigenvalue weighted by Crippen LogP contribution is 2.45. The van der Waals surface area contributed by atoms with Crippen molar-refractivity contribution in [3.8, 4) is 78.7 Å². The van der Waals surface area contributed by atoms with Crippen LogP contribution in [-0.2, 0) is 6.42 Å². The SMILES string of the molecule is Cc1ccc(-c2ccc(-c3cccc4c3Cc3c(-c5cccc(-c6nc(-c7ccccc7)nc(-c7ccccc7)n6)c5)cccc3-4)cc2)cc1. The fourth-order valence-corrected chi connectivity index (χ4v) is 7.13. The third-order valence-electron chi connectivity index (χ3n) is 9.71. The maximum atomic E-state index is 4.99. The van der Waals surface area contributed by atoms with Crippen molar-refractivity contribution < 1.29 is 0 Å². The Bertz CT molecular complexity index is 2430. The summed E-state index contributed by atoms with van der Waals surface area (Å²) >= 11 is 0. The van der Waals surface area contributed by atoms with E-state index < -0.39 is 0 Å². The summed E-state index contributed by atoms with van der Waals surface area (Å²) in [6.45, 7) is 2.13. The maximum Gasteiger partial charge on any atom is 0.164 e. The molecule has 1 aliphatic carbocycles. The average molecular weight is 640 g/mol. The quantitative estimate of drug-likeness (QED) is 0.182. The molecule has 0 N–H and O–H groups in total. The second-order valence-corrected chi connectivity index (χ2v) is 12.9. The van der Waals surface area contributed by atoms with Gasteiger partial charge in [0.25, 0.3) is 0 Å². The van der Waals surface area contributed by atoms with E-state index in [9.17, 15) is 0 Å². The third-order valence-corrected chi connectivity index (χ3v) is 9.71. The molecule has 0 saturated carbocycles. The van der Waals surface area contributed by atoms with Crippen LogP contribution < -0.4 is 0 Å². The molecule has 0 unspecified atom stereocenters. The molecule has 9 rings (SSSR count). The first kappa shape index (κ1) is 29.7. The molecule has 1 heterocycles. The van der Waals surface area contributed by atoms with Crippen molar-refractivity contribution >= 4 is 0 Å². The van der Waals surface area contributed by atoms with Gasteiger partial charge in [-0.3, -0.25) is 0 Å². The number of aromatic nitrogens is 3. The monoisotopic (exact) mass is 639 g/mol. The zero-order valence-corrected chi connectivity index (χ0v) is 27.7. The number of rotatable bonds is 6. The lowest BCUT2D eigenvalue weighted by Crippen LogP contribution is -2.00. The number of hydrogen-bond acceptors (Lipinski definition) is 3. The van der Waals surface area contributed by atoms with E-state index >= 15 is 0 Å². The molecule has 3 nitrogen and oxygen atoms in total. The smallest absolute Gasteiger partial charge is 0.164 e. The van der Waals surface area contributed by atoms with E-state index in [1.165, 1.54) is 55.6 Å². The molecule has 0 amide bonds. The van der Waals surface area contributed by atoms with Gasteiger partial charge in [0.2, 0.25) is 0 Å². The van der Waals surface area contributed by atoms with Gasteiger partial charge in [-0.25, -0.2) is 15.0 Å². The summed E-state index contributed by atoms with van der Waals surface area (Å²) < 4.78 is 0. The Balaban J connectivity index is 1.08. The van der Waals surface area contributed by atoms with Gasteiger partial charge in [0.15, 0.2) is 17.5 Å². The molecule has 8 aromatic rings. The fourth-order valence-electron chi connectivity index (χ4n) is 7.13. The van der Waals surface area contributed by atoms with Gasteiger partial charge in [-0.1, -0.05) is 169 Å². The van der Waals surface area contributed by atoms with Gasteiger partial charge >= 0.3 is 0 Å². The molecular weight excluding hydrogens is 607 g/mol. The molecule has 3 heteroatoms. The van der Waals surface area contributed by atoms with Gasteiger partial charge in [-0.15, -0.1) is 0 Å². The summed E-state index contributed by atoms with van der Waals surface area (Å²) in [6.07, 6.45) is 0.878. The molecule has 1 aliphatic rings. The van der Waals surface area contributed by atoms with Crippen molar-refractivity contribution in [1.82, 2.24) is 15.0 Å². The fraction of sp³-hybridized carbons (Fsp3) is 0.0426. The summed E-state index contributed by atoms with van der Waals surface area (Å²) in [7, 11) is 0. The van der Waals surface area contributed by atoms with Crippen LogP contribution >= 0.6 is 0 Å². The normalized spacial score (nSPS) is 11.6. The minimum Gasteiger partial charge on any atom is -0.208 e. The second-order valence-electron chi connectivity index (χ2n) is 12.9. The highest BCUT2D eigenvalue weighted by molar-refractivity contribution is 5.90. The minimum absolute atomic E-state index is 0.659. The van der Waals surface area contributed by atoms with Crippen LogP contribution in [0.25, 0.3) is 78.7 Å². The highest BCUT2D eigenvalue weighted by Gasteiger charge is 2.24. The highest BCUT2D eigenvalue weighted by atomic mass is 15.0. The first-order valence-corrected chi connectivity index (χ1v) is 17.1. The van der Waals surface area contributed by atoms with Crippen molar-refractivity contribution in [3.05, 3.63) is 187 Å². The Morgan fingerprint density at radius 2 is 0.720 bits per heavy atom. The minimum atomic E-state index is 0.659. The van der Waals surface area contributed by atoms with E-state index in [0.29, 0.717) is 17.5 Å². The van der Waals surface area contributed by atoms with Gasteiger partial charge < -0.3 is 0 Å². The van der Waals surface area contributed by atoms with Crippen LogP contribution in [0.5, 0.6) is 0 Å². The van der Waals surface area contributed by atoms with Crippen molar-refractivity contribution in [2.24, 2.45) is 0 Å². The lowest BCUT2D eigenvalue weighted by molar-refractivity contribution is 1.07. The summed E-state index contributed by atoms with van der Waals surface area (Å²) in [5, 5.41) is 0. The molecule has 0 saturated heterocycles. The van der Waals surface area contributed by atoms with E-state index in [1.54, 1.807) is 0 Å². The maximum absolute atomic E-state index is 4.99. The topological polar surface area (TPSA) is 38.7 Å². The molecule has 50 heavy (non-hydrogen) atoms. The van der Waals surface area contributed by atoms with Crippen LogP contribution in [-0.4, -0.2) is 15.0 Å². The first-order chi connectivity index (χ1) is 24.7. The van der Waals surface area contributed by atoms with Gasteiger partial charge in [-0.05, 0) is 75.0 Å². The van der Waals surface area contributed by atoms with Crippen LogP contribution in [0.3, 0.4) is 0 Å². The molecule has 0 fully saturated rings. The summed E-state index contributed by atoms with van der Waals surface area (Å²) in [6, 6.07) is 60.1. The number of nitrogens with zero attached hydrogens (tertiary/aromatic N) is 3.